The first kappa shape index (κ1) is 27.0. The summed E-state index contributed by atoms with van der Waals surface area (Å²) in [7, 11) is 0. The van der Waals surface area contributed by atoms with E-state index in [0.717, 1.165) is 74.0 Å². The molecule has 2 aromatic carbocycles. The SMILES string of the molecule is O=C(NCC12CC3CC(CC(C3)C1)C2)c1ccc(N2CCN(Cc3ccccc3C#Cc3cccc(O)c3)CC2)nn1. The van der Waals surface area contributed by atoms with Gasteiger partial charge >= 0.3 is 0 Å². The number of rotatable bonds is 6. The second-order valence-corrected chi connectivity index (χ2v) is 13.1. The van der Waals surface area contributed by atoms with Crippen molar-refractivity contribution in [2.75, 3.05) is 37.6 Å². The number of nitrogens with zero attached hydrogens (tertiary/aromatic N) is 4. The van der Waals surface area contributed by atoms with E-state index in [1.54, 1.807) is 18.2 Å². The highest BCUT2D eigenvalue weighted by molar-refractivity contribution is 5.92. The van der Waals surface area contributed by atoms with Crippen molar-refractivity contribution in [3.8, 4) is 17.6 Å². The van der Waals surface area contributed by atoms with Crippen LogP contribution in [-0.2, 0) is 6.54 Å². The molecular weight excluding hydrogens is 522 g/mol. The third kappa shape index (κ3) is 5.87. The summed E-state index contributed by atoms with van der Waals surface area (Å²) in [6.45, 7) is 5.12. The van der Waals surface area contributed by atoms with Gasteiger partial charge in [0.2, 0.25) is 0 Å². The number of carbonyl (C=O) groups excluding carboxylic acids is 1. The Balaban J connectivity index is 0.917. The van der Waals surface area contributed by atoms with Gasteiger partial charge in [0.15, 0.2) is 11.5 Å². The van der Waals surface area contributed by atoms with E-state index in [-0.39, 0.29) is 11.7 Å². The van der Waals surface area contributed by atoms with E-state index >= 15 is 0 Å². The molecule has 2 heterocycles. The zero-order valence-electron chi connectivity index (χ0n) is 24.1. The van der Waals surface area contributed by atoms with Crippen molar-refractivity contribution in [1.82, 2.24) is 20.4 Å². The van der Waals surface area contributed by atoms with Crippen LogP contribution < -0.4 is 10.2 Å². The highest BCUT2D eigenvalue weighted by Gasteiger charge is 2.50. The molecule has 0 radical (unpaired) electrons. The molecule has 1 amide bonds. The minimum Gasteiger partial charge on any atom is -0.508 e. The van der Waals surface area contributed by atoms with Gasteiger partial charge in [0.05, 0.1) is 0 Å². The van der Waals surface area contributed by atoms with Gasteiger partial charge in [-0.2, -0.15) is 0 Å². The Morgan fingerprint density at radius 3 is 2.31 bits per heavy atom. The molecule has 5 aliphatic rings. The fourth-order valence-electron chi connectivity index (χ4n) is 8.36. The molecular formula is C35H39N5O2. The van der Waals surface area contributed by atoms with E-state index in [1.807, 2.05) is 24.3 Å². The fourth-order valence-corrected chi connectivity index (χ4v) is 8.36. The van der Waals surface area contributed by atoms with E-state index in [1.165, 1.54) is 44.1 Å². The Morgan fingerprint density at radius 1 is 0.881 bits per heavy atom. The number of phenolic OH excluding ortho intramolecular Hbond substituents is 1. The van der Waals surface area contributed by atoms with Crippen LogP contribution in [0.3, 0.4) is 0 Å². The van der Waals surface area contributed by atoms with Crippen molar-refractivity contribution >= 4 is 11.7 Å². The minimum atomic E-state index is -0.0968. The monoisotopic (exact) mass is 561 g/mol. The maximum Gasteiger partial charge on any atom is 0.271 e. The summed E-state index contributed by atoms with van der Waals surface area (Å²) in [5.74, 6) is 10.1. The average molecular weight is 562 g/mol. The second-order valence-electron chi connectivity index (χ2n) is 13.1. The van der Waals surface area contributed by atoms with E-state index in [2.05, 4.69) is 55.4 Å². The van der Waals surface area contributed by atoms with Crippen LogP contribution in [0.1, 0.15) is 65.7 Å². The number of hydrogen-bond acceptors (Lipinski definition) is 6. The number of hydrogen-bond donors (Lipinski definition) is 2. The lowest BCUT2D eigenvalue weighted by molar-refractivity contribution is -0.0503. The Morgan fingerprint density at radius 2 is 1.62 bits per heavy atom. The van der Waals surface area contributed by atoms with Gasteiger partial charge in [-0.05, 0) is 104 Å². The Kier molecular flexibility index (Phi) is 7.33. The average Bonchev–Trinajstić information content (AvgIpc) is 2.99. The van der Waals surface area contributed by atoms with Crippen LogP contribution in [0.4, 0.5) is 5.82 Å². The van der Waals surface area contributed by atoms with Gasteiger partial charge in [-0.3, -0.25) is 9.69 Å². The molecule has 4 aliphatic carbocycles. The smallest absolute Gasteiger partial charge is 0.271 e. The van der Waals surface area contributed by atoms with Gasteiger partial charge in [-0.25, -0.2) is 0 Å². The Bertz CT molecular complexity index is 1460. The number of phenols is 1. The maximum atomic E-state index is 13.0. The van der Waals surface area contributed by atoms with Crippen molar-refractivity contribution in [3.05, 3.63) is 83.0 Å². The van der Waals surface area contributed by atoms with Crippen LogP contribution in [-0.4, -0.2) is 58.8 Å². The van der Waals surface area contributed by atoms with E-state index in [4.69, 9.17) is 0 Å². The quantitative estimate of drug-likeness (QED) is 0.419. The summed E-state index contributed by atoms with van der Waals surface area (Å²) in [4.78, 5) is 17.6. The molecule has 4 saturated carbocycles. The van der Waals surface area contributed by atoms with Crippen LogP contribution in [0.2, 0.25) is 0 Å². The van der Waals surface area contributed by atoms with Crippen LogP contribution in [0, 0.1) is 35.0 Å². The maximum absolute atomic E-state index is 13.0. The summed E-state index contributed by atoms with van der Waals surface area (Å²) in [6.07, 6.45) is 8.10. The van der Waals surface area contributed by atoms with Gasteiger partial charge in [-0.1, -0.05) is 36.1 Å². The Hall–Kier alpha value is -3.89. The van der Waals surface area contributed by atoms with Gasteiger partial charge in [-0.15, -0.1) is 10.2 Å². The molecule has 7 heteroatoms. The summed E-state index contributed by atoms with van der Waals surface area (Å²) in [5.41, 5.74) is 3.72. The predicted octanol–water partition coefficient (Wildman–Crippen LogP) is 4.85. The normalized spacial score (nSPS) is 26.5. The van der Waals surface area contributed by atoms with Crippen molar-refractivity contribution < 1.29 is 9.90 Å². The molecule has 8 rings (SSSR count). The van der Waals surface area contributed by atoms with E-state index in [0.29, 0.717) is 11.1 Å². The number of piperazine rings is 1. The summed E-state index contributed by atoms with van der Waals surface area (Å²) in [6, 6.07) is 19.1. The fraction of sp³-hybridized carbons (Fsp3) is 0.457. The lowest BCUT2D eigenvalue weighted by Crippen LogP contribution is -2.51. The van der Waals surface area contributed by atoms with Crippen molar-refractivity contribution in [2.24, 2.45) is 23.2 Å². The molecule has 42 heavy (non-hydrogen) atoms. The van der Waals surface area contributed by atoms with E-state index in [9.17, 15) is 9.90 Å². The van der Waals surface area contributed by atoms with Gasteiger partial charge < -0.3 is 15.3 Å². The first-order valence-electron chi connectivity index (χ1n) is 15.5. The van der Waals surface area contributed by atoms with Crippen LogP contribution in [0.5, 0.6) is 5.75 Å². The number of aromatic hydroxyl groups is 1. The third-order valence-corrected chi connectivity index (χ3v) is 9.97. The molecule has 0 atom stereocenters. The second kappa shape index (κ2) is 11.4. The first-order chi connectivity index (χ1) is 20.5. The molecule has 3 aromatic rings. The summed E-state index contributed by atoms with van der Waals surface area (Å²) in [5, 5.41) is 21.7. The molecule has 1 aromatic heterocycles. The highest BCUT2D eigenvalue weighted by Crippen LogP contribution is 2.59. The molecule has 0 unspecified atom stereocenters. The van der Waals surface area contributed by atoms with Gasteiger partial charge in [0.1, 0.15) is 5.75 Å². The number of nitrogens with one attached hydrogen (secondary N) is 1. The van der Waals surface area contributed by atoms with E-state index < -0.39 is 0 Å². The molecule has 216 valence electrons. The van der Waals surface area contributed by atoms with Gasteiger partial charge in [0.25, 0.3) is 5.91 Å². The lowest BCUT2D eigenvalue weighted by atomic mass is 9.49. The highest BCUT2D eigenvalue weighted by atomic mass is 16.3. The predicted molar refractivity (Wildman–Crippen MR) is 163 cm³/mol. The lowest BCUT2D eigenvalue weighted by Gasteiger charge is -2.56. The molecule has 4 bridgehead atoms. The molecule has 0 spiro atoms. The topological polar surface area (TPSA) is 81.6 Å². The molecule has 7 nitrogen and oxygen atoms in total. The third-order valence-electron chi connectivity index (χ3n) is 9.97. The first-order valence-corrected chi connectivity index (χ1v) is 15.5. The molecule has 1 saturated heterocycles. The number of aromatic nitrogens is 2. The van der Waals surface area contributed by atoms with Gasteiger partial charge in [0, 0.05) is 50.4 Å². The largest absolute Gasteiger partial charge is 0.508 e. The number of amides is 1. The summed E-state index contributed by atoms with van der Waals surface area (Å²) >= 11 is 0. The number of benzene rings is 2. The van der Waals surface area contributed by atoms with Crippen LogP contribution >= 0.6 is 0 Å². The Labute approximate surface area is 248 Å². The number of carbonyl (C=O) groups is 1. The van der Waals surface area contributed by atoms with Crippen molar-refractivity contribution in [1.29, 1.82) is 0 Å². The number of anilines is 1. The minimum absolute atomic E-state index is 0.0968. The molecule has 1 aliphatic heterocycles. The van der Waals surface area contributed by atoms with Crippen LogP contribution in [0.15, 0.2) is 60.7 Å². The van der Waals surface area contributed by atoms with Crippen LogP contribution in [0.25, 0.3) is 0 Å². The summed E-state index contributed by atoms with van der Waals surface area (Å²) < 4.78 is 0. The zero-order valence-corrected chi connectivity index (χ0v) is 24.1. The van der Waals surface area contributed by atoms with Crippen molar-refractivity contribution in [2.45, 2.75) is 45.1 Å². The standard InChI is InChI=1S/C35H39N5O2/c41-31-7-3-4-25(19-31)8-9-29-5-1-2-6-30(29)23-39-12-14-40(15-13-39)33-11-10-32(37-38-33)34(42)36-24-35-20-26-16-27(21-35)18-28(17-26)22-35/h1-7,10-11,19,26-28,41H,12-18,20-24H2,(H,36,42). The molecule has 5 fully saturated rings. The van der Waals surface area contributed by atoms with Crippen molar-refractivity contribution in [3.63, 3.8) is 0 Å². The zero-order chi connectivity index (χ0) is 28.5. The molecule has 2 N–H and O–H groups in total.